The number of anilines is 3. The highest BCUT2D eigenvalue weighted by molar-refractivity contribution is 6.28. The number of nitrogens with zero attached hydrogens (tertiary/aromatic N) is 3. The first-order valence-electron chi connectivity index (χ1n) is 6.20. The van der Waals surface area contributed by atoms with Crippen molar-refractivity contribution < 1.29 is 0 Å². The molecule has 0 spiro atoms. The number of rotatable bonds is 5. The van der Waals surface area contributed by atoms with Crippen molar-refractivity contribution in [3.8, 4) is 0 Å². The lowest BCUT2D eigenvalue weighted by Crippen LogP contribution is -2.03. The van der Waals surface area contributed by atoms with E-state index >= 15 is 0 Å². The summed E-state index contributed by atoms with van der Waals surface area (Å²) in [6.45, 7) is 2.19. The van der Waals surface area contributed by atoms with Crippen LogP contribution in [0.3, 0.4) is 0 Å². The van der Waals surface area contributed by atoms with Crippen molar-refractivity contribution in [3.63, 3.8) is 0 Å². The fraction of sp³-hybridized carbons (Fsp3) is 0.308. The number of benzene rings is 1. The SMILES string of the molecule is CCCCc1ccc(Nc2nc(N)nc(Cl)n2)cc1. The molecule has 1 aromatic heterocycles. The fourth-order valence-corrected chi connectivity index (χ4v) is 1.85. The number of unbranched alkanes of at least 4 members (excludes halogenated alkanes) is 1. The van der Waals surface area contributed by atoms with Crippen LogP contribution in [0.5, 0.6) is 0 Å². The minimum atomic E-state index is 0.0783. The van der Waals surface area contributed by atoms with Gasteiger partial charge >= 0.3 is 0 Å². The lowest BCUT2D eigenvalue weighted by atomic mass is 10.1. The number of nitrogens with two attached hydrogens (primary N) is 1. The van der Waals surface area contributed by atoms with Gasteiger partial charge in [-0.2, -0.15) is 15.0 Å². The van der Waals surface area contributed by atoms with Crippen molar-refractivity contribution in [3.05, 3.63) is 35.1 Å². The Morgan fingerprint density at radius 1 is 1.16 bits per heavy atom. The zero-order valence-corrected chi connectivity index (χ0v) is 11.5. The molecule has 0 aliphatic rings. The molecule has 19 heavy (non-hydrogen) atoms. The van der Waals surface area contributed by atoms with Crippen molar-refractivity contribution in [2.75, 3.05) is 11.1 Å². The van der Waals surface area contributed by atoms with Crippen molar-refractivity contribution in [1.29, 1.82) is 0 Å². The quantitative estimate of drug-likeness (QED) is 0.878. The molecular weight excluding hydrogens is 262 g/mol. The van der Waals surface area contributed by atoms with Gasteiger partial charge in [0.1, 0.15) is 0 Å². The highest BCUT2D eigenvalue weighted by atomic mass is 35.5. The number of nitrogen functional groups attached to an aromatic ring is 1. The maximum absolute atomic E-state index is 5.72. The highest BCUT2D eigenvalue weighted by Crippen LogP contribution is 2.16. The number of aryl methyl sites for hydroxylation is 1. The first-order chi connectivity index (χ1) is 9.17. The second kappa shape index (κ2) is 6.33. The Bertz CT molecular complexity index is 521. The lowest BCUT2D eigenvalue weighted by Gasteiger charge is -2.06. The molecule has 0 atom stereocenters. The van der Waals surface area contributed by atoms with Gasteiger partial charge in [0, 0.05) is 5.69 Å². The number of aromatic nitrogens is 3. The van der Waals surface area contributed by atoms with E-state index in [1.54, 1.807) is 0 Å². The fourth-order valence-electron chi connectivity index (χ4n) is 1.69. The van der Waals surface area contributed by atoms with Gasteiger partial charge in [0.25, 0.3) is 0 Å². The third kappa shape index (κ3) is 4.06. The topological polar surface area (TPSA) is 76.7 Å². The van der Waals surface area contributed by atoms with Crippen molar-refractivity contribution in [2.45, 2.75) is 26.2 Å². The molecule has 2 rings (SSSR count). The average Bonchev–Trinajstić information content (AvgIpc) is 2.37. The van der Waals surface area contributed by atoms with Gasteiger partial charge in [0.2, 0.25) is 17.2 Å². The van der Waals surface area contributed by atoms with Crippen molar-refractivity contribution >= 4 is 29.2 Å². The number of halogens is 1. The van der Waals surface area contributed by atoms with Gasteiger partial charge in [0.05, 0.1) is 0 Å². The summed E-state index contributed by atoms with van der Waals surface area (Å²) in [6, 6.07) is 8.14. The molecule has 3 N–H and O–H groups in total. The molecule has 1 heterocycles. The molecule has 0 bridgehead atoms. The third-order valence-electron chi connectivity index (χ3n) is 2.65. The Morgan fingerprint density at radius 2 is 1.89 bits per heavy atom. The maximum Gasteiger partial charge on any atom is 0.233 e. The molecule has 5 nitrogen and oxygen atoms in total. The standard InChI is InChI=1S/C13H16ClN5/c1-2-3-4-9-5-7-10(8-6-9)16-13-18-11(14)17-12(15)19-13/h5-8H,2-4H2,1H3,(H3,15,16,17,18,19). The summed E-state index contributed by atoms with van der Waals surface area (Å²) in [5.41, 5.74) is 7.72. The minimum absolute atomic E-state index is 0.0783. The molecule has 0 aliphatic heterocycles. The summed E-state index contributed by atoms with van der Waals surface area (Å²) in [7, 11) is 0. The molecule has 0 unspecified atom stereocenters. The van der Waals surface area contributed by atoms with Crippen LogP contribution in [-0.2, 0) is 6.42 Å². The smallest absolute Gasteiger partial charge is 0.233 e. The predicted octanol–water partition coefficient (Wildman–Crippen LogP) is 3.19. The second-order valence-corrected chi connectivity index (χ2v) is 4.55. The van der Waals surface area contributed by atoms with E-state index in [0.29, 0.717) is 5.95 Å². The predicted molar refractivity (Wildman–Crippen MR) is 77.6 cm³/mol. The molecule has 0 amide bonds. The van der Waals surface area contributed by atoms with Crippen LogP contribution in [0.1, 0.15) is 25.3 Å². The second-order valence-electron chi connectivity index (χ2n) is 4.21. The van der Waals surface area contributed by atoms with Gasteiger partial charge in [0.15, 0.2) is 0 Å². The first-order valence-corrected chi connectivity index (χ1v) is 6.58. The minimum Gasteiger partial charge on any atom is -0.368 e. The molecule has 6 heteroatoms. The van der Waals surface area contributed by atoms with Gasteiger partial charge < -0.3 is 11.1 Å². The zero-order chi connectivity index (χ0) is 13.7. The van der Waals surface area contributed by atoms with E-state index in [1.165, 1.54) is 18.4 Å². The normalized spacial score (nSPS) is 10.4. The van der Waals surface area contributed by atoms with Crippen molar-refractivity contribution in [2.24, 2.45) is 0 Å². The van der Waals surface area contributed by atoms with Gasteiger partial charge in [-0.05, 0) is 42.1 Å². The van der Waals surface area contributed by atoms with E-state index in [9.17, 15) is 0 Å². The summed E-state index contributed by atoms with van der Waals surface area (Å²) >= 11 is 5.72. The molecular formula is C13H16ClN5. The molecule has 100 valence electrons. The van der Waals surface area contributed by atoms with Crippen LogP contribution in [0.15, 0.2) is 24.3 Å². The third-order valence-corrected chi connectivity index (χ3v) is 2.82. The van der Waals surface area contributed by atoms with Gasteiger partial charge in [-0.1, -0.05) is 25.5 Å². The number of hydrogen-bond acceptors (Lipinski definition) is 5. The Balaban J connectivity index is 2.06. The van der Waals surface area contributed by atoms with Crippen molar-refractivity contribution in [1.82, 2.24) is 15.0 Å². The first kappa shape index (κ1) is 13.5. The lowest BCUT2D eigenvalue weighted by molar-refractivity contribution is 0.795. The van der Waals surface area contributed by atoms with Crippen LogP contribution < -0.4 is 11.1 Å². The maximum atomic E-state index is 5.72. The zero-order valence-electron chi connectivity index (χ0n) is 10.7. The highest BCUT2D eigenvalue weighted by Gasteiger charge is 2.02. The molecule has 0 aliphatic carbocycles. The summed E-state index contributed by atoms with van der Waals surface area (Å²) in [5, 5.41) is 3.12. The monoisotopic (exact) mass is 277 g/mol. The van der Waals surface area contributed by atoms with E-state index in [0.717, 1.165) is 12.1 Å². The number of nitrogens with one attached hydrogen (secondary N) is 1. The molecule has 0 radical (unpaired) electrons. The van der Waals surface area contributed by atoms with Crippen LogP contribution in [-0.4, -0.2) is 15.0 Å². The van der Waals surface area contributed by atoms with Gasteiger partial charge in [-0.3, -0.25) is 0 Å². The molecule has 2 aromatic rings. The summed E-state index contributed by atoms with van der Waals surface area (Å²) < 4.78 is 0. The van der Waals surface area contributed by atoms with Crippen LogP contribution in [0.4, 0.5) is 17.6 Å². The van der Waals surface area contributed by atoms with Crippen LogP contribution in [0, 0.1) is 0 Å². The van der Waals surface area contributed by atoms with E-state index in [1.807, 2.05) is 12.1 Å². The largest absolute Gasteiger partial charge is 0.368 e. The van der Waals surface area contributed by atoms with Gasteiger partial charge in [-0.15, -0.1) is 0 Å². The van der Waals surface area contributed by atoms with Gasteiger partial charge in [-0.25, -0.2) is 0 Å². The van der Waals surface area contributed by atoms with Crippen LogP contribution in [0.25, 0.3) is 0 Å². The van der Waals surface area contributed by atoms with E-state index in [2.05, 4.69) is 39.3 Å². The van der Waals surface area contributed by atoms with Crippen LogP contribution >= 0.6 is 11.6 Å². The summed E-state index contributed by atoms with van der Waals surface area (Å²) in [6.07, 6.45) is 3.50. The Morgan fingerprint density at radius 3 is 2.53 bits per heavy atom. The van der Waals surface area contributed by atoms with E-state index in [4.69, 9.17) is 17.3 Å². The van der Waals surface area contributed by atoms with E-state index < -0.39 is 0 Å². The number of hydrogen-bond donors (Lipinski definition) is 2. The molecule has 0 saturated heterocycles. The molecule has 0 fully saturated rings. The van der Waals surface area contributed by atoms with Crippen LogP contribution in [0.2, 0.25) is 5.28 Å². The Labute approximate surface area is 117 Å². The molecule has 1 aromatic carbocycles. The summed E-state index contributed by atoms with van der Waals surface area (Å²) in [5.74, 6) is 0.445. The van der Waals surface area contributed by atoms with E-state index in [-0.39, 0.29) is 11.2 Å². The Kier molecular flexibility index (Phi) is 4.52. The molecule has 0 saturated carbocycles. The Hall–Kier alpha value is -1.88. The summed E-state index contributed by atoms with van der Waals surface area (Å²) in [4.78, 5) is 11.6. The average molecular weight is 278 g/mol.